The van der Waals surface area contributed by atoms with Crippen LogP contribution in [-0.2, 0) is 6.42 Å². The Balaban J connectivity index is 2.22. The molecule has 1 unspecified atom stereocenters. The predicted octanol–water partition coefficient (Wildman–Crippen LogP) is 3.39. The number of hydrogen-bond donors (Lipinski definition) is 1. The van der Waals surface area contributed by atoms with Gasteiger partial charge < -0.3 is 19.9 Å². The lowest BCUT2D eigenvalue weighted by atomic mass is 10.1. The fourth-order valence-corrected chi connectivity index (χ4v) is 2.10. The van der Waals surface area contributed by atoms with Gasteiger partial charge in [-0.15, -0.1) is 0 Å². The summed E-state index contributed by atoms with van der Waals surface area (Å²) in [5.41, 5.74) is 6.98. The second-order valence-corrected chi connectivity index (χ2v) is 4.92. The highest BCUT2D eigenvalue weighted by molar-refractivity contribution is 5.53. The molecule has 1 atom stereocenters. The third kappa shape index (κ3) is 3.89. The molecule has 0 radical (unpaired) electrons. The minimum absolute atomic E-state index is 0.145. The molecular weight excluding hydrogens is 266 g/mol. The molecule has 2 N–H and O–H groups in total. The average molecular weight is 287 g/mol. The fraction of sp³-hybridized carbons (Fsp3) is 0.294. The van der Waals surface area contributed by atoms with Crippen molar-refractivity contribution in [2.75, 3.05) is 14.2 Å². The third-order valence-electron chi connectivity index (χ3n) is 3.08. The zero-order valence-corrected chi connectivity index (χ0v) is 12.6. The molecule has 0 aliphatic carbocycles. The summed E-state index contributed by atoms with van der Waals surface area (Å²) < 4.78 is 16.5. The highest BCUT2D eigenvalue weighted by Gasteiger charge is 2.12. The molecule has 0 saturated carbocycles. The second kappa shape index (κ2) is 6.99. The van der Waals surface area contributed by atoms with Gasteiger partial charge in [-0.1, -0.05) is 18.2 Å². The Hall–Kier alpha value is -2.20. The molecule has 2 rings (SSSR count). The molecule has 0 spiro atoms. The maximum absolute atomic E-state index is 5.90. The van der Waals surface area contributed by atoms with Crippen molar-refractivity contribution in [1.29, 1.82) is 0 Å². The van der Waals surface area contributed by atoms with Crippen LogP contribution < -0.4 is 19.9 Å². The smallest absolute Gasteiger partial charge is 0.210 e. The first kappa shape index (κ1) is 15.2. The number of ether oxygens (including phenoxy) is 3. The molecule has 0 bridgehead atoms. The van der Waals surface area contributed by atoms with Crippen LogP contribution in [0.15, 0.2) is 42.5 Å². The first-order valence-electron chi connectivity index (χ1n) is 6.87. The number of para-hydroxylation sites is 1. The van der Waals surface area contributed by atoms with Gasteiger partial charge in [0.05, 0.1) is 14.2 Å². The highest BCUT2D eigenvalue weighted by atomic mass is 16.5. The number of benzene rings is 2. The molecule has 0 heterocycles. The average Bonchev–Trinajstić information content (AvgIpc) is 2.49. The van der Waals surface area contributed by atoms with E-state index in [9.17, 15) is 0 Å². The van der Waals surface area contributed by atoms with Crippen molar-refractivity contribution in [2.24, 2.45) is 5.73 Å². The van der Waals surface area contributed by atoms with E-state index in [-0.39, 0.29) is 6.04 Å². The normalized spacial score (nSPS) is 11.8. The molecule has 0 saturated heterocycles. The van der Waals surface area contributed by atoms with Crippen LogP contribution in [0.3, 0.4) is 0 Å². The Labute approximate surface area is 125 Å². The minimum atomic E-state index is 0.145. The number of hydrogen-bond acceptors (Lipinski definition) is 4. The zero-order chi connectivity index (χ0) is 15.2. The van der Waals surface area contributed by atoms with E-state index in [1.54, 1.807) is 14.2 Å². The van der Waals surface area contributed by atoms with Gasteiger partial charge in [-0.25, -0.2) is 0 Å². The zero-order valence-electron chi connectivity index (χ0n) is 12.6. The molecule has 0 aromatic heterocycles. The summed E-state index contributed by atoms with van der Waals surface area (Å²) in [6, 6.07) is 13.5. The van der Waals surface area contributed by atoms with Gasteiger partial charge in [-0.2, -0.15) is 0 Å². The lowest BCUT2D eigenvalue weighted by Crippen LogP contribution is -2.17. The number of rotatable bonds is 6. The fourth-order valence-electron chi connectivity index (χ4n) is 2.10. The van der Waals surface area contributed by atoms with Gasteiger partial charge in [0.2, 0.25) is 5.75 Å². The van der Waals surface area contributed by atoms with E-state index >= 15 is 0 Å². The standard InChI is InChI=1S/C17H21NO3/c1-12(18)11-13-7-9-14(10-8-13)21-17-15(19-2)5-4-6-16(17)20-3/h4-10,12H,11,18H2,1-3H3. The van der Waals surface area contributed by atoms with Crippen molar-refractivity contribution in [3.05, 3.63) is 48.0 Å². The lowest BCUT2D eigenvalue weighted by Gasteiger charge is -2.14. The van der Waals surface area contributed by atoms with Crippen LogP contribution >= 0.6 is 0 Å². The molecule has 4 nitrogen and oxygen atoms in total. The summed E-state index contributed by atoms with van der Waals surface area (Å²) in [6.45, 7) is 1.99. The molecule has 2 aromatic rings. The Bertz CT molecular complexity index is 557. The first-order chi connectivity index (χ1) is 10.1. The van der Waals surface area contributed by atoms with E-state index in [2.05, 4.69) is 0 Å². The monoisotopic (exact) mass is 287 g/mol. The van der Waals surface area contributed by atoms with Gasteiger partial charge >= 0.3 is 0 Å². The number of methoxy groups -OCH3 is 2. The summed E-state index contributed by atoms with van der Waals surface area (Å²) in [7, 11) is 3.21. The minimum Gasteiger partial charge on any atom is -0.493 e. The van der Waals surface area contributed by atoms with Crippen LogP contribution in [0.4, 0.5) is 0 Å². The number of nitrogens with two attached hydrogens (primary N) is 1. The predicted molar refractivity (Wildman–Crippen MR) is 83.4 cm³/mol. The van der Waals surface area contributed by atoms with Crippen molar-refractivity contribution in [3.63, 3.8) is 0 Å². The maximum Gasteiger partial charge on any atom is 0.210 e. The summed E-state index contributed by atoms with van der Waals surface area (Å²) in [6.07, 6.45) is 0.845. The van der Waals surface area contributed by atoms with E-state index in [4.69, 9.17) is 19.9 Å². The summed E-state index contributed by atoms with van der Waals surface area (Å²) in [5, 5.41) is 0. The van der Waals surface area contributed by atoms with E-state index in [1.807, 2.05) is 49.4 Å². The van der Waals surface area contributed by atoms with Gasteiger partial charge in [-0.05, 0) is 43.2 Å². The Morgan fingerprint density at radius 1 is 0.952 bits per heavy atom. The van der Waals surface area contributed by atoms with Crippen LogP contribution in [0.1, 0.15) is 12.5 Å². The van der Waals surface area contributed by atoms with Gasteiger partial charge in [0.1, 0.15) is 5.75 Å². The van der Waals surface area contributed by atoms with Crippen LogP contribution in [0, 0.1) is 0 Å². The van der Waals surface area contributed by atoms with Crippen LogP contribution in [0.5, 0.6) is 23.0 Å². The van der Waals surface area contributed by atoms with Crippen LogP contribution in [0.2, 0.25) is 0 Å². The van der Waals surface area contributed by atoms with Gasteiger partial charge in [0.15, 0.2) is 11.5 Å². The summed E-state index contributed by atoms with van der Waals surface area (Å²) >= 11 is 0. The summed E-state index contributed by atoms with van der Waals surface area (Å²) in [4.78, 5) is 0. The van der Waals surface area contributed by atoms with Gasteiger partial charge in [-0.3, -0.25) is 0 Å². The molecule has 0 amide bonds. The van der Waals surface area contributed by atoms with E-state index in [0.29, 0.717) is 17.2 Å². The van der Waals surface area contributed by atoms with E-state index in [1.165, 1.54) is 5.56 Å². The Morgan fingerprint density at radius 3 is 2.00 bits per heavy atom. The molecule has 112 valence electrons. The molecule has 0 aliphatic rings. The molecule has 21 heavy (non-hydrogen) atoms. The topological polar surface area (TPSA) is 53.7 Å². The largest absolute Gasteiger partial charge is 0.493 e. The van der Waals surface area contributed by atoms with Gasteiger partial charge in [0, 0.05) is 6.04 Å². The maximum atomic E-state index is 5.90. The van der Waals surface area contributed by atoms with Crippen molar-refractivity contribution in [3.8, 4) is 23.0 Å². The lowest BCUT2D eigenvalue weighted by molar-refractivity contribution is 0.346. The summed E-state index contributed by atoms with van der Waals surface area (Å²) in [5.74, 6) is 2.57. The van der Waals surface area contributed by atoms with E-state index in [0.717, 1.165) is 12.2 Å². The molecular formula is C17H21NO3. The third-order valence-corrected chi connectivity index (χ3v) is 3.08. The second-order valence-electron chi connectivity index (χ2n) is 4.92. The van der Waals surface area contributed by atoms with Crippen LogP contribution in [-0.4, -0.2) is 20.3 Å². The van der Waals surface area contributed by atoms with Crippen molar-refractivity contribution >= 4 is 0 Å². The SMILES string of the molecule is COc1cccc(OC)c1Oc1ccc(CC(C)N)cc1. The molecule has 2 aromatic carbocycles. The van der Waals surface area contributed by atoms with Crippen LogP contribution in [0.25, 0.3) is 0 Å². The molecule has 0 aliphatic heterocycles. The molecule has 0 fully saturated rings. The van der Waals surface area contributed by atoms with Crippen molar-refractivity contribution < 1.29 is 14.2 Å². The Morgan fingerprint density at radius 2 is 1.52 bits per heavy atom. The Kier molecular flexibility index (Phi) is 5.06. The quantitative estimate of drug-likeness (QED) is 0.885. The first-order valence-corrected chi connectivity index (χ1v) is 6.87. The van der Waals surface area contributed by atoms with Gasteiger partial charge in [0.25, 0.3) is 0 Å². The van der Waals surface area contributed by atoms with E-state index < -0.39 is 0 Å². The van der Waals surface area contributed by atoms with Crippen molar-refractivity contribution in [2.45, 2.75) is 19.4 Å². The highest BCUT2D eigenvalue weighted by Crippen LogP contribution is 2.39. The van der Waals surface area contributed by atoms with Crippen molar-refractivity contribution in [1.82, 2.24) is 0 Å². The molecule has 4 heteroatoms.